The Hall–Kier alpha value is -1.77. The maximum Gasteiger partial charge on any atom is 0.207 e. The van der Waals surface area contributed by atoms with Gasteiger partial charge in [0, 0.05) is 24.6 Å². The van der Waals surface area contributed by atoms with Crippen LogP contribution in [-0.4, -0.2) is 16.1 Å². The van der Waals surface area contributed by atoms with Gasteiger partial charge in [-0.25, -0.2) is 4.98 Å². The fraction of sp³-hybridized carbons (Fsp3) is 0.400. The Kier molecular flexibility index (Phi) is 4.03. The summed E-state index contributed by atoms with van der Waals surface area (Å²) in [6.45, 7) is 7.41. The Labute approximate surface area is 109 Å². The second-order valence-corrected chi connectivity index (χ2v) is 4.75. The van der Waals surface area contributed by atoms with E-state index in [0.29, 0.717) is 0 Å². The summed E-state index contributed by atoms with van der Waals surface area (Å²) >= 11 is 0. The summed E-state index contributed by atoms with van der Waals surface area (Å²) in [7, 11) is 0. The fourth-order valence-corrected chi connectivity index (χ4v) is 2.11. The first-order valence-corrected chi connectivity index (χ1v) is 6.56. The second-order valence-electron chi connectivity index (χ2n) is 4.75. The Morgan fingerprint density at radius 2 is 1.89 bits per heavy atom. The molecule has 0 aliphatic rings. The van der Waals surface area contributed by atoms with Gasteiger partial charge in [0.05, 0.1) is 0 Å². The number of anilines is 1. The monoisotopic (exact) mass is 243 g/mol. The molecule has 0 aliphatic heterocycles. The number of rotatable bonds is 5. The topological polar surface area (TPSA) is 29.9 Å². The smallest absolute Gasteiger partial charge is 0.207 e. The van der Waals surface area contributed by atoms with Crippen LogP contribution in [0.15, 0.2) is 30.6 Å². The molecule has 1 heterocycles. The van der Waals surface area contributed by atoms with E-state index in [-0.39, 0.29) is 0 Å². The highest BCUT2D eigenvalue weighted by Gasteiger charge is 2.05. The van der Waals surface area contributed by atoms with Crippen LogP contribution < -0.4 is 5.32 Å². The van der Waals surface area contributed by atoms with E-state index in [1.807, 2.05) is 12.4 Å². The van der Waals surface area contributed by atoms with Crippen LogP contribution in [0.25, 0.3) is 5.69 Å². The van der Waals surface area contributed by atoms with Crippen LogP contribution in [0, 0.1) is 13.8 Å². The molecule has 96 valence electrons. The molecule has 1 aromatic heterocycles. The van der Waals surface area contributed by atoms with Crippen molar-refractivity contribution in [2.24, 2.45) is 0 Å². The summed E-state index contributed by atoms with van der Waals surface area (Å²) < 4.78 is 2.11. The number of aryl methyl sites for hydroxylation is 2. The number of unbranched alkanes of at least 4 members (excludes halogenated alkanes) is 1. The average molecular weight is 243 g/mol. The molecule has 3 heteroatoms. The number of benzene rings is 1. The summed E-state index contributed by atoms with van der Waals surface area (Å²) in [6.07, 6.45) is 6.20. The highest BCUT2D eigenvalue weighted by atomic mass is 15.2. The molecule has 0 fully saturated rings. The Bertz CT molecular complexity index is 494. The Balaban J connectivity index is 2.24. The minimum Gasteiger partial charge on any atom is -0.355 e. The van der Waals surface area contributed by atoms with E-state index in [2.05, 4.69) is 53.8 Å². The summed E-state index contributed by atoms with van der Waals surface area (Å²) in [6, 6.07) is 6.55. The van der Waals surface area contributed by atoms with Gasteiger partial charge in [-0.3, -0.25) is 4.57 Å². The lowest BCUT2D eigenvalue weighted by Crippen LogP contribution is -2.07. The highest BCUT2D eigenvalue weighted by Crippen LogP contribution is 2.17. The first kappa shape index (κ1) is 12.7. The lowest BCUT2D eigenvalue weighted by atomic mass is 10.1. The van der Waals surface area contributed by atoms with Crippen LogP contribution in [0.2, 0.25) is 0 Å². The van der Waals surface area contributed by atoms with Gasteiger partial charge in [-0.05, 0) is 43.5 Å². The molecule has 0 bridgehead atoms. The van der Waals surface area contributed by atoms with Crippen molar-refractivity contribution in [3.05, 3.63) is 41.7 Å². The molecule has 1 N–H and O–H groups in total. The first-order chi connectivity index (χ1) is 8.70. The Morgan fingerprint density at radius 1 is 1.17 bits per heavy atom. The number of hydrogen-bond donors (Lipinski definition) is 1. The first-order valence-electron chi connectivity index (χ1n) is 6.56. The standard InChI is InChI=1S/C15H21N3/c1-4-5-6-16-15-17-7-8-18(15)14-10-12(2)9-13(3)11-14/h7-11H,4-6H2,1-3H3,(H,16,17). The third-order valence-electron chi connectivity index (χ3n) is 2.94. The highest BCUT2D eigenvalue weighted by molar-refractivity contribution is 5.45. The molecular weight excluding hydrogens is 222 g/mol. The molecule has 1 aromatic carbocycles. The number of imidazole rings is 1. The van der Waals surface area contributed by atoms with Crippen molar-refractivity contribution in [3.63, 3.8) is 0 Å². The number of nitrogens with zero attached hydrogens (tertiary/aromatic N) is 2. The van der Waals surface area contributed by atoms with E-state index >= 15 is 0 Å². The Morgan fingerprint density at radius 3 is 2.56 bits per heavy atom. The zero-order valence-electron chi connectivity index (χ0n) is 11.4. The minimum atomic E-state index is 0.924. The molecule has 0 aliphatic carbocycles. The normalized spacial score (nSPS) is 10.6. The predicted octanol–water partition coefficient (Wildman–Crippen LogP) is 3.70. The van der Waals surface area contributed by atoms with E-state index in [0.717, 1.165) is 12.5 Å². The lowest BCUT2D eigenvalue weighted by Gasteiger charge is -2.11. The largest absolute Gasteiger partial charge is 0.355 e. The van der Waals surface area contributed by atoms with Gasteiger partial charge in [0.15, 0.2) is 0 Å². The second kappa shape index (κ2) is 5.71. The molecule has 0 unspecified atom stereocenters. The molecule has 0 radical (unpaired) electrons. The summed E-state index contributed by atoms with van der Waals surface area (Å²) in [5.74, 6) is 0.924. The van der Waals surface area contributed by atoms with Gasteiger partial charge < -0.3 is 5.32 Å². The molecule has 2 aromatic rings. The molecule has 0 spiro atoms. The van der Waals surface area contributed by atoms with Gasteiger partial charge >= 0.3 is 0 Å². The van der Waals surface area contributed by atoms with Crippen molar-refractivity contribution in [2.75, 3.05) is 11.9 Å². The van der Waals surface area contributed by atoms with Gasteiger partial charge in [0.1, 0.15) is 0 Å². The van der Waals surface area contributed by atoms with Crippen LogP contribution >= 0.6 is 0 Å². The molecule has 0 amide bonds. The third-order valence-corrected chi connectivity index (χ3v) is 2.94. The van der Waals surface area contributed by atoms with E-state index in [9.17, 15) is 0 Å². The van der Waals surface area contributed by atoms with Crippen LogP contribution in [0.1, 0.15) is 30.9 Å². The van der Waals surface area contributed by atoms with E-state index in [4.69, 9.17) is 0 Å². The SMILES string of the molecule is CCCCNc1nccn1-c1cc(C)cc(C)c1. The van der Waals surface area contributed by atoms with E-state index in [1.165, 1.54) is 29.7 Å². The van der Waals surface area contributed by atoms with Crippen molar-refractivity contribution < 1.29 is 0 Å². The maximum atomic E-state index is 4.38. The number of nitrogens with one attached hydrogen (secondary N) is 1. The van der Waals surface area contributed by atoms with Crippen LogP contribution in [0.3, 0.4) is 0 Å². The fourth-order valence-electron chi connectivity index (χ4n) is 2.11. The molecule has 0 atom stereocenters. The quantitative estimate of drug-likeness (QED) is 0.811. The molecule has 2 rings (SSSR count). The van der Waals surface area contributed by atoms with E-state index in [1.54, 1.807) is 0 Å². The lowest BCUT2D eigenvalue weighted by molar-refractivity contribution is 0.823. The van der Waals surface area contributed by atoms with Crippen LogP contribution in [0.4, 0.5) is 5.95 Å². The molecule has 18 heavy (non-hydrogen) atoms. The maximum absolute atomic E-state index is 4.38. The van der Waals surface area contributed by atoms with Crippen molar-refractivity contribution >= 4 is 5.95 Å². The zero-order chi connectivity index (χ0) is 13.0. The van der Waals surface area contributed by atoms with Crippen molar-refractivity contribution in [1.29, 1.82) is 0 Å². The third kappa shape index (κ3) is 2.92. The number of hydrogen-bond acceptors (Lipinski definition) is 2. The number of aromatic nitrogens is 2. The van der Waals surface area contributed by atoms with E-state index < -0.39 is 0 Å². The van der Waals surface area contributed by atoms with Crippen LogP contribution in [-0.2, 0) is 0 Å². The summed E-state index contributed by atoms with van der Waals surface area (Å²) in [5, 5.41) is 3.38. The summed E-state index contributed by atoms with van der Waals surface area (Å²) in [5.41, 5.74) is 3.72. The van der Waals surface area contributed by atoms with Gasteiger partial charge in [0.25, 0.3) is 0 Å². The van der Waals surface area contributed by atoms with Crippen LogP contribution in [0.5, 0.6) is 0 Å². The van der Waals surface area contributed by atoms with Gasteiger partial charge in [-0.15, -0.1) is 0 Å². The predicted molar refractivity (Wildman–Crippen MR) is 76.4 cm³/mol. The molecule has 0 saturated carbocycles. The molecule has 3 nitrogen and oxygen atoms in total. The van der Waals surface area contributed by atoms with Crippen molar-refractivity contribution in [1.82, 2.24) is 9.55 Å². The van der Waals surface area contributed by atoms with Crippen molar-refractivity contribution in [2.45, 2.75) is 33.6 Å². The van der Waals surface area contributed by atoms with Gasteiger partial charge in [-0.2, -0.15) is 0 Å². The molecule has 0 saturated heterocycles. The summed E-state index contributed by atoms with van der Waals surface area (Å²) in [4.78, 5) is 4.38. The van der Waals surface area contributed by atoms with Crippen molar-refractivity contribution in [3.8, 4) is 5.69 Å². The molecular formula is C15H21N3. The van der Waals surface area contributed by atoms with Gasteiger partial charge in [0.2, 0.25) is 5.95 Å². The zero-order valence-corrected chi connectivity index (χ0v) is 11.4. The average Bonchev–Trinajstić information content (AvgIpc) is 2.76. The minimum absolute atomic E-state index is 0.924. The van der Waals surface area contributed by atoms with Gasteiger partial charge in [-0.1, -0.05) is 19.4 Å².